The number of hydrogen-bond donors (Lipinski definition) is 1. The molecular weight excluding hydrogens is 246 g/mol. The van der Waals surface area contributed by atoms with E-state index >= 15 is 0 Å². The van der Waals surface area contributed by atoms with Gasteiger partial charge in [-0.1, -0.05) is 23.7 Å². The first-order valence-electron chi connectivity index (χ1n) is 6.28. The van der Waals surface area contributed by atoms with E-state index in [2.05, 4.69) is 27.0 Å². The van der Waals surface area contributed by atoms with E-state index in [0.29, 0.717) is 5.92 Å². The molecule has 1 aliphatic heterocycles. The number of nitrogens with one attached hydrogen (secondary N) is 1. The quantitative estimate of drug-likeness (QED) is 0.921. The summed E-state index contributed by atoms with van der Waals surface area (Å²) in [6.45, 7) is 3.03. The Hall–Kier alpha value is -1.32. The molecule has 0 radical (unpaired) electrons. The summed E-state index contributed by atoms with van der Waals surface area (Å²) in [5.41, 5.74) is 2.58. The van der Waals surface area contributed by atoms with Crippen molar-refractivity contribution in [3.8, 4) is 0 Å². The molecule has 1 aromatic carbocycles. The summed E-state index contributed by atoms with van der Waals surface area (Å²) >= 11 is 5.90. The maximum Gasteiger partial charge on any atom is 0.0951 e. The third kappa shape index (κ3) is 2.42. The van der Waals surface area contributed by atoms with Gasteiger partial charge in [0.15, 0.2) is 0 Å². The minimum atomic E-state index is 0.597. The highest BCUT2D eigenvalue weighted by Gasteiger charge is 2.19. The molecule has 2 heterocycles. The van der Waals surface area contributed by atoms with Gasteiger partial charge in [0, 0.05) is 35.9 Å². The highest BCUT2D eigenvalue weighted by molar-refractivity contribution is 6.30. The van der Waals surface area contributed by atoms with Gasteiger partial charge in [-0.05, 0) is 30.7 Å². The predicted octanol–water partition coefficient (Wildman–Crippen LogP) is 2.66. The fraction of sp³-hybridized carbons (Fsp3) is 0.357. The van der Waals surface area contributed by atoms with Crippen molar-refractivity contribution < 1.29 is 0 Å². The van der Waals surface area contributed by atoms with Crippen molar-refractivity contribution in [2.24, 2.45) is 0 Å². The summed E-state index contributed by atoms with van der Waals surface area (Å²) in [5.74, 6) is 0.597. The Balaban J connectivity index is 1.80. The molecule has 1 saturated heterocycles. The molecule has 0 aliphatic carbocycles. The molecule has 1 N–H and O–H groups in total. The molecule has 1 unspecified atom stereocenters. The molecule has 4 heteroatoms. The second-order valence-corrected chi connectivity index (χ2v) is 5.20. The van der Waals surface area contributed by atoms with Crippen molar-refractivity contribution in [3.05, 3.63) is 53.1 Å². The Morgan fingerprint density at radius 2 is 2.17 bits per heavy atom. The van der Waals surface area contributed by atoms with Crippen LogP contribution >= 0.6 is 11.6 Å². The minimum absolute atomic E-state index is 0.597. The number of aromatic nitrogens is 2. The van der Waals surface area contributed by atoms with E-state index in [-0.39, 0.29) is 0 Å². The number of rotatable bonds is 3. The van der Waals surface area contributed by atoms with Crippen LogP contribution in [0.25, 0.3) is 0 Å². The number of hydrogen-bond acceptors (Lipinski definition) is 2. The monoisotopic (exact) mass is 261 g/mol. The van der Waals surface area contributed by atoms with Crippen LogP contribution in [0.4, 0.5) is 0 Å². The molecule has 0 bridgehead atoms. The molecule has 3 nitrogen and oxygen atoms in total. The van der Waals surface area contributed by atoms with E-state index in [1.54, 1.807) is 0 Å². The largest absolute Gasteiger partial charge is 0.330 e. The van der Waals surface area contributed by atoms with Crippen molar-refractivity contribution in [3.63, 3.8) is 0 Å². The van der Waals surface area contributed by atoms with Crippen LogP contribution in [0.3, 0.4) is 0 Å². The van der Waals surface area contributed by atoms with Crippen LogP contribution in [0.2, 0.25) is 5.02 Å². The van der Waals surface area contributed by atoms with Gasteiger partial charge < -0.3 is 9.88 Å². The summed E-state index contributed by atoms with van der Waals surface area (Å²) in [6.07, 6.45) is 5.11. The second kappa shape index (κ2) is 5.12. The van der Waals surface area contributed by atoms with Gasteiger partial charge in [0.25, 0.3) is 0 Å². The zero-order valence-corrected chi connectivity index (χ0v) is 10.9. The summed E-state index contributed by atoms with van der Waals surface area (Å²) in [7, 11) is 0. The molecule has 1 aliphatic rings. The summed E-state index contributed by atoms with van der Waals surface area (Å²) in [4.78, 5) is 4.29. The van der Waals surface area contributed by atoms with E-state index in [1.165, 1.54) is 17.7 Å². The first-order chi connectivity index (χ1) is 8.83. The number of nitrogens with zero attached hydrogens (tertiary/aromatic N) is 2. The van der Waals surface area contributed by atoms with Gasteiger partial charge in [0.2, 0.25) is 0 Å². The number of halogens is 1. The fourth-order valence-electron chi connectivity index (χ4n) is 2.50. The van der Waals surface area contributed by atoms with E-state index in [0.717, 1.165) is 24.7 Å². The maximum absolute atomic E-state index is 5.90. The van der Waals surface area contributed by atoms with Gasteiger partial charge in [-0.2, -0.15) is 0 Å². The van der Waals surface area contributed by atoms with Gasteiger partial charge in [0.05, 0.1) is 6.33 Å². The number of benzene rings is 1. The average molecular weight is 262 g/mol. The predicted molar refractivity (Wildman–Crippen MR) is 73.0 cm³/mol. The Morgan fingerprint density at radius 1 is 1.33 bits per heavy atom. The smallest absolute Gasteiger partial charge is 0.0951 e. The van der Waals surface area contributed by atoms with Crippen molar-refractivity contribution in [1.82, 2.24) is 14.9 Å². The lowest BCUT2D eigenvalue weighted by Crippen LogP contribution is -2.12. The SMILES string of the molecule is Clc1ccc(Cn2cncc2C2CCNC2)cc1. The lowest BCUT2D eigenvalue weighted by atomic mass is 10.1. The van der Waals surface area contributed by atoms with Gasteiger partial charge in [0.1, 0.15) is 0 Å². The molecule has 0 spiro atoms. The Kier molecular flexibility index (Phi) is 3.35. The van der Waals surface area contributed by atoms with Crippen molar-refractivity contribution >= 4 is 11.6 Å². The molecule has 18 heavy (non-hydrogen) atoms. The highest BCUT2D eigenvalue weighted by Crippen LogP contribution is 2.22. The molecule has 1 aromatic heterocycles. The lowest BCUT2D eigenvalue weighted by molar-refractivity contribution is 0.654. The first-order valence-corrected chi connectivity index (χ1v) is 6.66. The minimum Gasteiger partial charge on any atom is -0.330 e. The normalized spacial score (nSPS) is 19.3. The zero-order valence-electron chi connectivity index (χ0n) is 10.1. The van der Waals surface area contributed by atoms with E-state index < -0.39 is 0 Å². The van der Waals surface area contributed by atoms with Crippen molar-refractivity contribution in [1.29, 1.82) is 0 Å². The average Bonchev–Trinajstić information content (AvgIpc) is 3.02. The number of imidazole rings is 1. The lowest BCUT2D eigenvalue weighted by Gasteiger charge is -2.12. The standard InChI is InChI=1S/C14H16ClN3/c15-13-3-1-11(2-4-13)9-18-10-17-8-14(18)12-5-6-16-7-12/h1-4,8,10,12,16H,5-7,9H2. The topological polar surface area (TPSA) is 29.9 Å². The van der Waals surface area contributed by atoms with Crippen LogP contribution in [-0.4, -0.2) is 22.6 Å². The van der Waals surface area contributed by atoms with Crippen LogP contribution in [0.5, 0.6) is 0 Å². The fourth-order valence-corrected chi connectivity index (χ4v) is 2.62. The van der Waals surface area contributed by atoms with Crippen LogP contribution in [0, 0.1) is 0 Å². The summed E-state index contributed by atoms with van der Waals surface area (Å²) < 4.78 is 2.24. The summed E-state index contributed by atoms with van der Waals surface area (Å²) in [5, 5.41) is 4.18. The molecule has 1 fully saturated rings. The Labute approximate surface area is 112 Å². The van der Waals surface area contributed by atoms with E-state index in [9.17, 15) is 0 Å². The molecule has 2 aromatic rings. The van der Waals surface area contributed by atoms with Crippen molar-refractivity contribution in [2.45, 2.75) is 18.9 Å². The van der Waals surface area contributed by atoms with Gasteiger partial charge >= 0.3 is 0 Å². The van der Waals surface area contributed by atoms with Crippen LogP contribution in [0.1, 0.15) is 23.6 Å². The molecule has 0 saturated carbocycles. The van der Waals surface area contributed by atoms with E-state index in [4.69, 9.17) is 11.6 Å². The summed E-state index contributed by atoms with van der Waals surface area (Å²) in [6, 6.07) is 8.01. The van der Waals surface area contributed by atoms with Crippen LogP contribution < -0.4 is 5.32 Å². The van der Waals surface area contributed by atoms with Crippen LogP contribution in [-0.2, 0) is 6.54 Å². The molecule has 3 rings (SSSR count). The Bertz CT molecular complexity index is 512. The molecule has 1 atom stereocenters. The Morgan fingerprint density at radius 3 is 2.89 bits per heavy atom. The maximum atomic E-state index is 5.90. The van der Waals surface area contributed by atoms with Gasteiger partial charge in [-0.3, -0.25) is 0 Å². The van der Waals surface area contributed by atoms with Gasteiger partial charge in [-0.25, -0.2) is 4.98 Å². The van der Waals surface area contributed by atoms with Gasteiger partial charge in [-0.15, -0.1) is 0 Å². The second-order valence-electron chi connectivity index (χ2n) is 4.76. The molecule has 0 amide bonds. The molecular formula is C14H16ClN3. The third-order valence-corrected chi connectivity index (χ3v) is 3.74. The molecule has 94 valence electrons. The zero-order chi connectivity index (χ0) is 12.4. The van der Waals surface area contributed by atoms with E-state index in [1.807, 2.05) is 24.7 Å². The van der Waals surface area contributed by atoms with Crippen molar-refractivity contribution in [2.75, 3.05) is 13.1 Å². The van der Waals surface area contributed by atoms with Crippen LogP contribution in [0.15, 0.2) is 36.8 Å². The highest BCUT2D eigenvalue weighted by atomic mass is 35.5. The third-order valence-electron chi connectivity index (χ3n) is 3.49. The first kappa shape index (κ1) is 11.8.